The van der Waals surface area contributed by atoms with Gasteiger partial charge in [0.05, 0.1) is 10.4 Å². The summed E-state index contributed by atoms with van der Waals surface area (Å²) >= 11 is 21.4. The Hall–Kier alpha value is -0.410. The van der Waals surface area contributed by atoms with E-state index >= 15 is 0 Å². The van der Waals surface area contributed by atoms with E-state index in [1.165, 1.54) is 0 Å². The molecule has 0 saturated carbocycles. The van der Waals surface area contributed by atoms with Crippen LogP contribution in [0.1, 0.15) is 11.1 Å². The van der Waals surface area contributed by atoms with Gasteiger partial charge in [0.2, 0.25) is 0 Å². The van der Waals surface area contributed by atoms with Crippen LogP contribution in [-0.2, 0) is 12.5 Å². The Morgan fingerprint density at radius 1 is 1.05 bits per heavy atom. The van der Waals surface area contributed by atoms with E-state index in [1.807, 2.05) is 18.2 Å². The van der Waals surface area contributed by atoms with Crippen LogP contribution in [0.15, 0.2) is 40.9 Å². The minimum absolute atomic E-state index is 0.339. The third kappa shape index (κ3) is 3.79. The average molecular weight is 380 g/mol. The molecular formula is C14H10BrCl3O. The molecule has 0 aromatic heterocycles. The zero-order chi connectivity index (χ0) is 13.8. The number of hydrogen-bond donors (Lipinski definition) is 0. The van der Waals surface area contributed by atoms with Crippen molar-refractivity contribution in [2.75, 3.05) is 0 Å². The first-order valence-corrected chi connectivity index (χ1v) is 7.60. The van der Waals surface area contributed by atoms with Crippen LogP contribution in [0.5, 0.6) is 5.75 Å². The van der Waals surface area contributed by atoms with Crippen LogP contribution >= 0.6 is 50.7 Å². The van der Waals surface area contributed by atoms with Crippen LogP contribution in [0.2, 0.25) is 10.0 Å². The number of benzene rings is 2. The minimum Gasteiger partial charge on any atom is -0.487 e. The fraction of sp³-hybridized carbons (Fsp3) is 0.143. The van der Waals surface area contributed by atoms with Gasteiger partial charge in [0.25, 0.3) is 0 Å². The highest BCUT2D eigenvalue weighted by Gasteiger charge is 2.09. The van der Waals surface area contributed by atoms with E-state index in [9.17, 15) is 0 Å². The molecule has 0 saturated heterocycles. The lowest BCUT2D eigenvalue weighted by Crippen LogP contribution is -1.99. The molecule has 0 aliphatic carbocycles. The fourth-order valence-electron chi connectivity index (χ4n) is 1.62. The van der Waals surface area contributed by atoms with Gasteiger partial charge in [0, 0.05) is 21.2 Å². The van der Waals surface area contributed by atoms with Crippen LogP contribution in [0.3, 0.4) is 0 Å². The van der Waals surface area contributed by atoms with Crippen LogP contribution in [0.4, 0.5) is 0 Å². The van der Waals surface area contributed by atoms with Gasteiger partial charge in [-0.15, -0.1) is 11.6 Å². The molecular weight excluding hydrogens is 370 g/mol. The first kappa shape index (κ1) is 15.0. The molecule has 100 valence electrons. The summed E-state index contributed by atoms with van der Waals surface area (Å²) in [4.78, 5) is 0. The second kappa shape index (κ2) is 6.85. The van der Waals surface area contributed by atoms with Gasteiger partial charge >= 0.3 is 0 Å². The van der Waals surface area contributed by atoms with Gasteiger partial charge in [-0.2, -0.15) is 0 Å². The summed E-state index contributed by atoms with van der Waals surface area (Å²) in [6.45, 7) is 0.339. The largest absolute Gasteiger partial charge is 0.487 e. The highest BCUT2D eigenvalue weighted by Crippen LogP contribution is 2.31. The maximum Gasteiger partial charge on any atom is 0.138 e. The summed E-state index contributed by atoms with van der Waals surface area (Å²) in [5.41, 5.74) is 1.76. The van der Waals surface area contributed by atoms with Crippen molar-refractivity contribution < 1.29 is 4.74 Å². The van der Waals surface area contributed by atoms with E-state index < -0.39 is 0 Å². The summed E-state index contributed by atoms with van der Waals surface area (Å²) in [6, 6.07) is 11.0. The lowest BCUT2D eigenvalue weighted by atomic mass is 10.2. The predicted octanol–water partition coefficient (Wildman–Crippen LogP) is 6.07. The van der Waals surface area contributed by atoms with Gasteiger partial charge in [-0.05, 0) is 40.2 Å². The molecule has 0 unspecified atom stereocenters. The molecule has 1 nitrogen and oxygen atoms in total. The number of halogens is 4. The molecule has 0 amide bonds. The molecule has 0 atom stereocenters. The summed E-state index contributed by atoms with van der Waals surface area (Å²) in [5, 5.41) is 1.26. The summed E-state index contributed by atoms with van der Waals surface area (Å²) in [5.74, 6) is 1.12. The number of hydrogen-bond acceptors (Lipinski definition) is 1. The number of para-hydroxylation sites is 1. The minimum atomic E-state index is 0.339. The second-order valence-electron chi connectivity index (χ2n) is 3.89. The van der Waals surface area contributed by atoms with Crippen molar-refractivity contribution >= 4 is 50.7 Å². The highest BCUT2D eigenvalue weighted by molar-refractivity contribution is 9.10. The van der Waals surface area contributed by atoms with Crippen molar-refractivity contribution in [1.82, 2.24) is 0 Å². The molecule has 0 N–H and O–H groups in total. The molecule has 19 heavy (non-hydrogen) atoms. The predicted molar refractivity (Wildman–Crippen MR) is 84.5 cm³/mol. The van der Waals surface area contributed by atoms with Crippen LogP contribution in [-0.4, -0.2) is 0 Å². The van der Waals surface area contributed by atoms with Crippen LogP contribution < -0.4 is 4.74 Å². The highest BCUT2D eigenvalue weighted by atomic mass is 79.9. The zero-order valence-electron chi connectivity index (χ0n) is 9.80. The zero-order valence-corrected chi connectivity index (χ0v) is 13.7. The first-order valence-electron chi connectivity index (χ1n) is 5.52. The molecule has 2 rings (SSSR count). The van der Waals surface area contributed by atoms with E-state index in [4.69, 9.17) is 39.5 Å². The van der Waals surface area contributed by atoms with Gasteiger partial charge in [-0.25, -0.2) is 0 Å². The first-order chi connectivity index (χ1) is 9.11. The smallest absolute Gasteiger partial charge is 0.138 e. The van der Waals surface area contributed by atoms with E-state index in [-0.39, 0.29) is 0 Å². The van der Waals surface area contributed by atoms with Crippen molar-refractivity contribution in [1.29, 1.82) is 0 Å². The molecule has 0 aliphatic heterocycles. The normalized spacial score (nSPS) is 10.5. The quantitative estimate of drug-likeness (QED) is 0.585. The fourth-order valence-corrected chi connectivity index (χ4v) is 2.72. The van der Waals surface area contributed by atoms with E-state index in [2.05, 4.69) is 15.9 Å². The second-order valence-corrected chi connectivity index (χ2v) is 5.85. The SMILES string of the molecule is ClCc1cccc(Br)c1OCc1cc(Cl)ccc1Cl. The number of alkyl halides is 1. The topological polar surface area (TPSA) is 9.23 Å². The average Bonchev–Trinajstić information content (AvgIpc) is 2.40. The molecule has 0 spiro atoms. The molecule has 2 aromatic carbocycles. The van der Waals surface area contributed by atoms with Gasteiger partial charge < -0.3 is 4.74 Å². The van der Waals surface area contributed by atoms with Crippen LogP contribution in [0.25, 0.3) is 0 Å². The molecule has 0 fully saturated rings. The van der Waals surface area contributed by atoms with E-state index in [0.717, 1.165) is 21.3 Å². The van der Waals surface area contributed by atoms with Crippen LogP contribution in [0, 0.1) is 0 Å². The van der Waals surface area contributed by atoms with Gasteiger partial charge in [-0.3, -0.25) is 0 Å². The Labute approximate surface area is 135 Å². The summed E-state index contributed by atoms with van der Waals surface area (Å²) in [7, 11) is 0. The Morgan fingerprint density at radius 2 is 1.84 bits per heavy atom. The molecule has 0 aliphatic rings. The Balaban J connectivity index is 2.21. The van der Waals surface area contributed by atoms with Gasteiger partial charge in [-0.1, -0.05) is 35.3 Å². The van der Waals surface area contributed by atoms with Crippen molar-refractivity contribution in [2.24, 2.45) is 0 Å². The third-order valence-corrected chi connectivity index (χ3v) is 4.09. The van der Waals surface area contributed by atoms with Crippen molar-refractivity contribution in [3.63, 3.8) is 0 Å². The monoisotopic (exact) mass is 378 g/mol. The third-order valence-electron chi connectivity index (χ3n) is 2.57. The molecule has 5 heteroatoms. The lowest BCUT2D eigenvalue weighted by Gasteiger charge is -2.13. The maximum atomic E-state index is 6.10. The Bertz CT molecular complexity index is 587. The van der Waals surface area contributed by atoms with E-state index in [1.54, 1.807) is 18.2 Å². The standard InChI is InChI=1S/C14H10BrCl3O/c15-12-3-1-2-9(7-16)14(12)19-8-10-6-11(17)4-5-13(10)18/h1-6H,7-8H2. The molecule has 0 radical (unpaired) electrons. The van der Waals surface area contributed by atoms with E-state index in [0.29, 0.717) is 22.5 Å². The van der Waals surface area contributed by atoms with Crippen molar-refractivity contribution in [2.45, 2.75) is 12.5 Å². The molecule has 2 aromatic rings. The Kier molecular flexibility index (Phi) is 5.40. The van der Waals surface area contributed by atoms with Crippen molar-refractivity contribution in [3.05, 3.63) is 62.0 Å². The van der Waals surface area contributed by atoms with Crippen molar-refractivity contribution in [3.8, 4) is 5.75 Å². The number of ether oxygens (including phenoxy) is 1. The summed E-state index contributed by atoms with van der Waals surface area (Å²) in [6.07, 6.45) is 0. The molecule has 0 bridgehead atoms. The summed E-state index contributed by atoms with van der Waals surface area (Å²) < 4.78 is 6.67. The maximum absolute atomic E-state index is 6.10. The van der Waals surface area contributed by atoms with Gasteiger partial charge in [0.15, 0.2) is 0 Å². The van der Waals surface area contributed by atoms with Gasteiger partial charge in [0.1, 0.15) is 12.4 Å². The Morgan fingerprint density at radius 3 is 2.58 bits per heavy atom. The lowest BCUT2D eigenvalue weighted by molar-refractivity contribution is 0.302. The molecule has 0 heterocycles. The number of rotatable bonds is 4.